The average Bonchev–Trinajstić information content (AvgIpc) is 2.86. The SMILES string of the molecule is O=C(O)C1CSC2(CCc3cc(Br)ccc32)N1. The Morgan fingerprint density at radius 3 is 3.12 bits per heavy atom. The van der Waals surface area contributed by atoms with Gasteiger partial charge in [-0.25, -0.2) is 0 Å². The highest BCUT2D eigenvalue weighted by Gasteiger charge is 2.46. The Hall–Kier alpha value is -0.520. The molecule has 0 radical (unpaired) electrons. The molecular weight excluding hydrogens is 302 g/mol. The van der Waals surface area contributed by atoms with E-state index in [1.807, 2.05) is 6.07 Å². The minimum absolute atomic E-state index is 0.168. The second kappa shape index (κ2) is 4.00. The normalized spacial score (nSPS) is 30.8. The minimum Gasteiger partial charge on any atom is -0.480 e. The fourth-order valence-corrected chi connectivity index (χ4v) is 4.54. The molecule has 0 amide bonds. The van der Waals surface area contributed by atoms with E-state index in [9.17, 15) is 4.79 Å². The Kier molecular flexibility index (Phi) is 2.72. The first-order valence-corrected chi connectivity index (χ1v) is 7.32. The van der Waals surface area contributed by atoms with Crippen LogP contribution >= 0.6 is 27.7 Å². The molecule has 5 heteroatoms. The molecule has 2 atom stereocenters. The molecule has 1 aliphatic heterocycles. The van der Waals surface area contributed by atoms with E-state index in [2.05, 4.69) is 33.4 Å². The predicted octanol–water partition coefficient (Wildman–Crippen LogP) is 2.34. The number of aryl methyl sites for hydroxylation is 1. The number of benzene rings is 1. The van der Waals surface area contributed by atoms with Crippen molar-refractivity contribution in [2.45, 2.75) is 23.8 Å². The highest BCUT2D eigenvalue weighted by Crippen LogP contribution is 2.49. The van der Waals surface area contributed by atoms with Crippen LogP contribution in [-0.4, -0.2) is 22.9 Å². The van der Waals surface area contributed by atoms with Gasteiger partial charge in [0.25, 0.3) is 0 Å². The quantitative estimate of drug-likeness (QED) is 0.835. The molecule has 0 saturated carbocycles. The molecule has 1 spiro atoms. The highest BCUT2D eigenvalue weighted by molar-refractivity contribution is 9.10. The number of hydrogen-bond donors (Lipinski definition) is 2. The summed E-state index contributed by atoms with van der Waals surface area (Å²) in [6, 6.07) is 5.86. The minimum atomic E-state index is -0.750. The standard InChI is InChI=1S/C12H12BrNO2S/c13-8-1-2-9-7(5-8)3-4-12(9)14-10(6-17-12)11(15)16/h1-2,5,10,14H,3-4,6H2,(H,15,16). The lowest BCUT2D eigenvalue weighted by Crippen LogP contribution is -2.42. The number of fused-ring (bicyclic) bond motifs is 2. The van der Waals surface area contributed by atoms with Crippen LogP contribution in [0.1, 0.15) is 17.5 Å². The Morgan fingerprint density at radius 1 is 1.59 bits per heavy atom. The molecule has 2 N–H and O–H groups in total. The van der Waals surface area contributed by atoms with Gasteiger partial charge in [0, 0.05) is 10.2 Å². The van der Waals surface area contributed by atoms with Gasteiger partial charge in [-0.3, -0.25) is 10.1 Å². The van der Waals surface area contributed by atoms with Crippen LogP contribution < -0.4 is 5.32 Å². The summed E-state index contributed by atoms with van der Waals surface area (Å²) in [5, 5.41) is 12.4. The van der Waals surface area contributed by atoms with Crippen molar-refractivity contribution in [3.8, 4) is 0 Å². The van der Waals surface area contributed by atoms with Crippen molar-refractivity contribution in [3.63, 3.8) is 0 Å². The number of carboxylic acids is 1. The molecule has 1 aliphatic carbocycles. The summed E-state index contributed by atoms with van der Waals surface area (Å²) in [6.07, 6.45) is 1.99. The average molecular weight is 314 g/mol. The summed E-state index contributed by atoms with van der Waals surface area (Å²) in [6.45, 7) is 0. The number of aliphatic carboxylic acids is 1. The molecule has 1 saturated heterocycles. The second-order valence-corrected chi connectivity index (χ2v) is 6.71. The fourth-order valence-electron chi connectivity index (χ4n) is 2.63. The number of carbonyl (C=O) groups is 1. The van der Waals surface area contributed by atoms with E-state index in [0.717, 1.165) is 17.3 Å². The molecule has 2 aliphatic rings. The van der Waals surface area contributed by atoms with E-state index in [0.29, 0.717) is 5.75 Å². The highest BCUT2D eigenvalue weighted by atomic mass is 79.9. The van der Waals surface area contributed by atoms with Crippen molar-refractivity contribution < 1.29 is 9.90 Å². The number of hydrogen-bond acceptors (Lipinski definition) is 3. The number of carboxylic acid groups (broad SMARTS) is 1. The zero-order valence-corrected chi connectivity index (χ0v) is 11.5. The van der Waals surface area contributed by atoms with E-state index in [-0.39, 0.29) is 4.87 Å². The molecule has 0 aromatic heterocycles. The molecule has 2 unspecified atom stereocenters. The summed E-state index contributed by atoms with van der Waals surface area (Å²) in [4.78, 5) is 10.9. The van der Waals surface area contributed by atoms with Gasteiger partial charge in [-0.1, -0.05) is 22.0 Å². The largest absolute Gasteiger partial charge is 0.480 e. The molecule has 3 nitrogen and oxygen atoms in total. The van der Waals surface area contributed by atoms with E-state index in [4.69, 9.17) is 5.11 Å². The third-order valence-corrected chi connectivity index (χ3v) is 5.48. The Morgan fingerprint density at radius 2 is 2.41 bits per heavy atom. The number of thioether (sulfide) groups is 1. The third-order valence-electron chi connectivity index (χ3n) is 3.45. The van der Waals surface area contributed by atoms with Crippen LogP contribution in [0, 0.1) is 0 Å². The van der Waals surface area contributed by atoms with E-state index >= 15 is 0 Å². The first-order valence-electron chi connectivity index (χ1n) is 5.54. The van der Waals surface area contributed by atoms with Gasteiger partial charge in [0.2, 0.25) is 0 Å². The van der Waals surface area contributed by atoms with Gasteiger partial charge in [-0.15, -0.1) is 11.8 Å². The monoisotopic (exact) mass is 313 g/mol. The predicted molar refractivity (Wildman–Crippen MR) is 71.2 cm³/mol. The second-order valence-electron chi connectivity index (χ2n) is 4.47. The molecule has 90 valence electrons. The van der Waals surface area contributed by atoms with Crippen LogP contribution in [0.25, 0.3) is 0 Å². The van der Waals surface area contributed by atoms with Crippen molar-refractivity contribution in [3.05, 3.63) is 33.8 Å². The maximum atomic E-state index is 11.0. The lowest BCUT2D eigenvalue weighted by molar-refractivity contribution is -0.138. The first kappa shape index (κ1) is 11.6. The molecule has 1 aromatic carbocycles. The van der Waals surface area contributed by atoms with Crippen LogP contribution in [-0.2, 0) is 16.1 Å². The molecule has 1 heterocycles. The Balaban J connectivity index is 1.96. The third kappa shape index (κ3) is 1.80. The molecule has 3 rings (SSSR count). The van der Waals surface area contributed by atoms with Crippen molar-refractivity contribution in [1.29, 1.82) is 0 Å². The van der Waals surface area contributed by atoms with E-state index < -0.39 is 12.0 Å². The van der Waals surface area contributed by atoms with Gasteiger partial charge in [-0.2, -0.15) is 0 Å². The van der Waals surface area contributed by atoms with Crippen molar-refractivity contribution in [2.24, 2.45) is 0 Å². The maximum absolute atomic E-state index is 11.0. The van der Waals surface area contributed by atoms with Gasteiger partial charge in [-0.05, 0) is 36.1 Å². The van der Waals surface area contributed by atoms with Gasteiger partial charge >= 0.3 is 5.97 Å². The summed E-state index contributed by atoms with van der Waals surface area (Å²) in [5.41, 5.74) is 2.58. The fraction of sp³-hybridized carbons (Fsp3) is 0.417. The summed E-state index contributed by atoms with van der Waals surface area (Å²) in [5.74, 6) is -0.106. The Labute approximate surface area is 112 Å². The van der Waals surface area contributed by atoms with E-state index in [1.165, 1.54) is 11.1 Å². The van der Waals surface area contributed by atoms with Gasteiger partial charge < -0.3 is 5.11 Å². The Bertz CT molecular complexity index is 493. The lowest BCUT2D eigenvalue weighted by Gasteiger charge is -2.24. The smallest absolute Gasteiger partial charge is 0.321 e. The zero-order valence-electron chi connectivity index (χ0n) is 9.07. The molecule has 17 heavy (non-hydrogen) atoms. The summed E-state index contributed by atoms with van der Waals surface area (Å²) < 4.78 is 1.09. The first-order chi connectivity index (χ1) is 8.11. The number of nitrogens with one attached hydrogen (secondary N) is 1. The van der Waals surface area contributed by atoms with Crippen LogP contribution in [0.2, 0.25) is 0 Å². The van der Waals surface area contributed by atoms with Crippen molar-refractivity contribution >= 4 is 33.7 Å². The van der Waals surface area contributed by atoms with Crippen molar-refractivity contribution in [1.82, 2.24) is 5.32 Å². The number of rotatable bonds is 1. The van der Waals surface area contributed by atoms with Crippen LogP contribution in [0.4, 0.5) is 0 Å². The van der Waals surface area contributed by atoms with Crippen LogP contribution in [0.15, 0.2) is 22.7 Å². The van der Waals surface area contributed by atoms with Gasteiger partial charge in [0.05, 0.1) is 4.87 Å². The lowest BCUT2D eigenvalue weighted by atomic mass is 10.1. The van der Waals surface area contributed by atoms with Crippen molar-refractivity contribution in [2.75, 3.05) is 5.75 Å². The molecule has 0 bridgehead atoms. The molecular formula is C12H12BrNO2S. The zero-order chi connectivity index (χ0) is 12.0. The van der Waals surface area contributed by atoms with Gasteiger partial charge in [0.15, 0.2) is 0 Å². The molecule has 1 fully saturated rings. The molecule has 1 aromatic rings. The van der Waals surface area contributed by atoms with Crippen LogP contribution in [0.3, 0.4) is 0 Å². The summed E-state index contributed by atoms with van der Waals surface area (Å²) in [7, 11) is 0. The van der Waals surface area contributed by atoms with E-state index in [1.54, 1.807) is 11.8 Å². The van der Waals surface area contributed by atoms with Crippen LogP contribution in [0.5, 0.6) is 0 Å². The topological polar surface area (TPSA) is 49.3 Å². The van der Waals surface area contributed by atoms with Gasteiger partial charge in [0.1, 0.15) is 6.04 Å². The number of halogens is 1. The summed E-state index contributed by atoms with van der Waals surface area (Å²) >= 11 is 5.21. The maximum Gasteiger partial charge on any atom is 0.321 e.